The Morgan fingerprint density at radius 3 is 2.29 bits per heavy atom. The number of anilines is 1. The minimum atomic E-state index is -0.515. The van der Waals surface area contributed by atoms with Crippen molar-refractivity contribution in [3.05, 3.63) is 87.6 Å². The molecule has 1 aromatic heterocycles. The highest BCUT2D eigenvalue weighted by Crippen LogP contribution is 2.26. The van der Waals surface area contributed by atoms with Crippen LogP contribution in [0.3, 0.4) is 0 Å². The van der Waals surface area contributed by atoms with E-state index in [9.17, 15) is 14.4 Å². The number of thiophene rings is 1. The fraction of sp³-hybridized carbons (Fsp3) is 0.269. The maximum atomic E-state index is 12.9. The van der Waals surface area contributed by atoms with E-state index in [1.54, 1.807) is 35.6 Å². The molecule has 3 aromatic rings. The van der Waals surface area contributed by atoms with E-state index >= 15 is 0 Å². The van der Waals surface area contributed by atoms with Gasteiger partial charge < -0.3 is 16.4 Å². The number of primary amides is 1. The van der Waals surface area contributed by atoms with Crippen LogP contribution < -0.4 is 16.4 Å². The molecule has 0 bridgehead atoms. The van der Waals surface area contributed by atoms with E-state index in [-0.39, 0.29) is 30.8 Å². The van der Waals surface area contributed by atoms with Crippen LogP contribution >= 0.6 is 11.3 Å². The molecular weight excluding hydrogens is 448 g/mol. The van der Waals surface area contributed by atoms with Gasteiger partial charge in [-0.25, -0.2) is 0 Å². The number of nitrogens with two attached hydrogens (primary N) is 1. The van der Waals surface area contributed by atoms with Crippen LogP contribution in [0.1, 0.15) is 45.7 Å². The van der Waals surface area contributed by atoms with E-state index in [1.165, 1.54) is 5.56 Å². The third-order valence-electron chi connectivity index (χ3n) is 5.47. The number of benzene rings is 2. The summed E-state index contributed by atoms with van der Waals surface area (Å²) in [5.74, 6) is -0.775. The summed E-state index contributed by atoms with van der Waals surface area (Å²) in [4.78, 5) is 39.4. The number of amides is 3. The lowest BCUT2D eigenvalue weighted by Crippen LogP contribution is -2.40. The fourth-order valence-corrected chi connectivity index (χ4v) is 4.30. The SMILES string of the molecule is CCN(CCC(=O)Nc1ccc(C(N)=O)cc1)CC(=O)NC(c1ccc(C)cc1)c1cccs1. The molecule has 1 atom stereocenters. The summed E-state index contributed by atoms with van der Waals surface area (Å²) in [6, 6.07) is 18.4. The molecule has 0 aliphatic carbocycles. The standard InChI is InChI=1S/C26H30N4O3S/c1-3-30(15-14-23(31)28-21-12-10-20(11-13-21)26(27)33)17-24(32)29-25(22-5-4-16-34-22)19-8-6-18(2)7-9-19/h4-13,16,25H,3,14-15,17H2,1-2H3,(H2,27,33)(H,28,31)(H,29,32). The van der Waals surface area contributed by atoms with Gasteiger partial charge >= 0.3 is 0 Å². The average Bonchev–Trinajstić information content (AvgIpc) is 3.36. The van der Waals surface area contributed by atoms with E-state index in [0.29, 0.717) is 24.3 Å². The van der Waals surface area contributed by atoms with E-state index in [4.69, 9.17) is 5.73 Å². The van der Waals surface area contributed by atoms with Crippen molar-refractivity contribution in [1.29, 1.82) is 0 Å². The average molecular weight is 479 g/mol. The molecule has 0 saturated carbocycles. The Bertz CT molecular complexity index is 1100. The molecule has 0 fully saturated rings. The van der Waals surface area contributed by atoms with Crippen molar-refractivity contribution in [2.24, 2.45) is 5.73 Å². The minimum absolute atomic E-state index is 0.0942. The zero-order valence-electron chi connectivity index (χ0n) is 19.4. The zero-order valence-corrected chi connectivity index (χ0v) is 20.2. The van der Waals surface area contributed by atoms with Crippen LogP contribution in [0, 0.1) is 6.92 Å². The second-order valence-electron chi connectivity index (χ2n) is 8.04. The van der Waals surface area contributed by atoms with Gasteiger partial charge in [-0.1, -0.05) is 42.8 Å². The molecule has 0 saturated heterocycles. The molecule has 4 N–H and O–H groups in total. The van der Waals surface area contributed by atoms with Crippen molar-refractivity contribution >= 4 is 34.7 Å². The Morgan fingerprint density at radius 2 is 1.71 bits per heavy atom. The van der Waals surface area contributed by atoms with Crippen LogP contribution in [0.15, 0.2) is 66.0 Å². The third-order valence-corrected chi connectivity index (χ3v) is 6.40. The highest BCUT2D eigenvalue weighted by Gasteiger charge is 2.19. The molecule has 2 aromatic carbocycles. The number of rotatable bonds is 11. The van der Waals surface area contributed by atoms with Crippen LogP contribution in [-0.4, -0.2) is 42.3 Å². The summed E-state index contributed by atoms with van der Waals surface area (Å²) in [5, 5.41) is 7.96. The molecule has 0 aliphatic rings. The van der Waals surface area contributed by atoms with Gasteiger partial charge in [0.25, 0.3) is 0 Å². The second kappa shape index (κ2) is 12.1. The number of aryl methyl sites for hydroxylation is 1. The van der Waals surface area contributed by atoms with Crippen molar-refractivity contribution in [2.75, 3.05) is 25.0 Å². The summed E-state index contributed by atoms with van der Waals surface area (Å²) in [6.45, 7) is 5.29. The first-order valence-corrected chi connectivity index (χ1v) is 12.0. The first-order valence-electron chi connectivity index (χ1n) is 11.2. The van der Waals surface area contributed by atoms with Crippen molar-refractivity contribution in [1.82, 2.24) is 10.2 Å². The third kappa shape index (κ3) is 7.26. The lowest BCUT2D eigenvalue weighted by Gasteiger charge is -2.23. The summed E-state index contributed by atoms with van der Waals surface area (Å²) in [6.07, 6.45) is 0.241. The topological polar surface area (TPSA) is 105 Å². The molecule has 1 unspecified atom stereocenters. The lowest BCUT2D eigenvalue weighted by atomic mass is 10.0. The zero-order chi connectivity index (χ0) is 24.5. The normalized spacial score (nSPS) is 11.7. The Balaban J connectivity index is 1.54. The maximum Gasteiger partial charge on any atom is 0.248 e. The summed E-state index contributed by atoms with van der Waals surface area (Å²) in [5.41, 5.74) is 8.41. The quantitative estimate of drug-likeness (QED) is 0.391. The Kier molecular flexibility index (Phi) is 8.95. The molecule has 3 amide bonds. The predicted octanol–water partition coefficient (Wildman–Crippen LogP) is 3.71. The maximum absolute atomic E-state index is 12.9. The molecular formula is C26H30N4O3S. The number of carbonyl (C=O) groups excluding carboxylic acids is 3. The first kappa shape index (κ1) is 25.1. The number of hydrogen-bond donors (Lipinski definition) is 3. The Hall–Kier alpha value is -3.49. The molecule has 0 radical (unpaired) electrons. The molecule has 0 aliphatic heterocycles. The number of likely N-dealkylation sites (N-methyl/N-ethyl adjacent to an activating group) is 1. The Morgan fingerprint density at radius 1 is 1.00 bits per heavy atom. The fourth-order valence-electron chi connectivity index (χ4n) is 3.49. The van der Waals surface area contributed by atoms with Crippen LogP contribution in [0.2, 0.25) is 0 Å². The molecule has 34 heavy (non-hydrogen) atoms. The summed E-state index contributed by atoms with van der Waals surface area (Å²) in [7, 11) is 0. The smallest absolute Gasteiger partial charge is 0.248 e. The van der Waals surface area contributed by atoms with Crippen LogP contribution in [-0.2, 0) is 9.59 Å². The van der Waals surface area contributed by atoms with Gasteiger partial charge in [-0.15, -0.1) is 11.3 Å². The number of nitrogens with zero attached hydrogens (tertiary/aromatic N) is 1. The van der Waals surface area contributed by atoms with E-state index in [2.05, 4.69) is 10.6 Å². The van der Waals surface area contributed by atoms with Crippen molar-refractivity contribution in [3.63, 3.8) is 0 Å². The van der Waals surface area contributed by atoms with Crippen LogP contribution in [0.4, 0.5) is 5.69 Å². The van der Waals surface area contributed by atoms with Gasteiger partial charge in [0, 0.05) is 29.1 Å². The van der Waals surface area contributed by atoms with Crippen LogP contribution in [0.5, 0.6) is 0 Å². The lowest BCUT2D eigenvalue weighted by molar-refractivity contribution is -0.123. The van der Waals surface area contributed by atoms with E-state index in [0.717, 1.165) is 10.4 Å². The monoisotopic (exact) mass is 478 g/mol. The molecule has 178 valence electrons. The highest BCUT2D eigenvalue weighted by molar-refractivity contribution is 7.10. The van der Waals surface area contributed by atoms with Gasteiger partial charge in [-0.3, -0.25) is 19.3 Å². The van der Waals surface area contributed by atoms with Crippen molar-refractivity contribution in [3.8, 4) is 0 Å². The van der Waals surface area contributed by atoms with Gasteiger partial charge in [0.1, 0.15) is 0 Å². The number of carbonyl (C=O) groups is 3. The molecule has 0 spiro atoms. The van der Waals surface area contributed by atoms with Gasteiger partial charge in [-0.05, 0) is 54.7 Å². The summed E-state index contributed by atoms with van der Waals surface area (Å²) >= 11 is 1.61. The van der Waals surface area contributed by atoms with Gasteiger partial charge in [-0.2, -0.15) is 0 Å². The summed E-state index contributed by atoms with van der Waals surface area (Å²) < 4.78 is 0. The van der Waals surface area contributed by atoms with Gasteiger partial charge in [0.05, 0.1) is 12.6 Å². The van der Waals surface area contributed by atoms with Crippen LogP contribution in [0.25, 0.3) is 0 Å². The van der Waals surface area contributed by atoms with Gasteiger partial charge in [0.2, 0.25) is 17.7 Å². The number of nitrogens with one attached hydrogen (secondary N) is 2. The van der Waals surface area contributed by atoms with Crippen molar-refractivity contribution in [2.45, 2.75) is 26.3 Å². The van der Waals surface area contributed by atoms with Crippen molar-refractivity contribution < 1.29 is 14.4 Å². The van der Waals surface area contributed by atoms with E-state index < -0.39 is 5.91 Å². The molecule has 7 nitrogen and oxygen atoms in total. The molecule has 1 heterocycles. The highest BCUT2D eigenvalue weighted by atomic mass is 32.1. The predicted molar refractivity (Wildman–Crippen MR) is 136 cm³/mol. The molecule has 8 heteroatoms. The first-order chi connectivity index (χ1) is 16.4. The Labute approximate surface area is 204 Å². The molecule has 3 rings (SSSR count). The van der Waals surface area contributed by atoms with Gasteiger partial charge in [0.15, 0.2) is 0 Å². The minimum Gasteiger partial charge on any atom is -0.366 e. The second-order valence-corrected chi connectivity index (χ2v) is 9.01. The van der Waals surface area contributed by atoms with E-state index in [1.807, 2.05) is 60.5 Å². The number of hydrogen-bond acceptors (Lipinski definition) is 5. The largest absolute Gasteiger partial charge is 0.366 e.